The molecule has 0 saturated carbocycles. The third kappa shape index (κ3) is 2.73. The van der Waals surface area contributed by atoms with Gasteiger partial charge in [-0.1, -0.05) is 19.1 Å². The van der Waals surface area contributed by atoms with E-state index in [4.69, 9.17) is 10.5 Å². The van der Waals surface area contributed by atoms with Crippen molar-refractivity contribution in [2.24, 2.45) is 10.7 Å². The van der Waals surface area contributed by atoms with E-state index in [1.807, 2.05) is 31.2 Å². The van der Waals surface area contributed by atoms with Crippen molar-refractivity contribution in [2.75, 3.05) is 18.2 Å². The van der Waals surface area contributed by atoms with Gasteiger partial charge in [0.1, 0.15) is 11.4 Å². The first kappa shape index (κ1) is 13.5. The number of thioether (sulfide) groups is 1. The fraction of sp³-hybridized carbons (Fsp3) is 0.231. The third-order valence-electron chi connectivity index (χ3n) is 2.55. The summed E-state index contributed by atoms with van der Waals surface area (Å²) in [5.74, 6) is 0.482. The second-order valence-electron chi connectivity index (χ2n) is 3.77. The van der Waals surface area contributed by atoms with Crippen LogP contribution in [-0.4, -0.2) is 24.7 Å². The highest BCUT2D eigenvalue weighted by atomic mass is 32.2. The van der Waals surface area contributed by atoms with Gasteiger partial charge in [-0.2, -0.15) is 0 Å². The lowest BCUT2D eigenvalue weighted by atomic mass is 10.2. The van der Waals surface area contributed by atoms with Crippen molar-refractivity contribution >= 4 is 34.9 Å². The highest BCUT2D eigenvalue weighted by molar-refractivity contribution is 8.03. The van der Waals surface area contributed by atoms with Crippen molar-refractivity contribution < 1.29 is 9.53 Å². The Balaban J connectivity index is 2.55. The van der Waals surface area contributed by atoms with Gasteiger partial charge in [0.05, 0.1) is 23.5 Å². The number of ether oxygens (including phenoxy) is 1. The maximum Gasteiger partial charge on any atom is 0.344 e. The number of hydrogen-bond acceptors (Lipinski definition) is 6. The molecule has 2 rings (SSSR count). The van der Waals surface area contributed by atoms with Gasteiger partial charge < -0.3 is 15.8 Å². The molecule has 0 unspecified atom stereocenters. The topological polar surface area (TPSA) is 76.7 Å². The van der Waals surface area contributed by atoms with Crippen LogP contribution in [0.1, 0.15) is 6.92 Å². The van der Waals surface area contributed by atoms with Crippen molar-refractivity contribution in [1.82, 2.24) is 0 Å². The Labute approximate surface area is 115 Å². The van der Waals surface area contributed by atoms with Crippen LogP contribution in [0.25, 0.3) is 0 Å². The summed E-state index contributed by atoms with van der Waals surface area (Å²) in [6.45, 7) is 2.00. The van der Waals surface area contributed by atoms with E-state index in [1.54, 1.807) is 0 Å². The van der Waals surface area contributed by atoms with E-state index < -0.39 is 5.97 Å². The van der Waals surface area contributed by atoms with Crippen LogP contribution in [0.5, 0.6) is 0 Å². The van der Waals surface area contributed by atoms with Crippen LogP contribution >= 0.6 is 11.8 Å². The van der Waals surface area contributed by atoms with Gasteiger partial charge in [0.2, 0.25) is 0 Å². The fourth-order valence-corrected chi connectivity index (χ4v) is 2.52. The molecule has 0 radical (unpaired) electrons. The normalized spacial score (nSPS) is 14.1. The number of anilines is 1. The number of benzene rings is 1. The number of amidine groups is 1. The molecule has 100 valence electrons. The number of methoxy groups -OCH3 is 1. The SMILES string of the molecule is CCSC1=C(C(=O)OC)C(N)=Nc2ccccc2N1. The standard InChI is InChI=1S/C13H15N3O2S/c1-3-19-12-10(13(17)18-2)11(14)15-8-6-4-5-7-9(8)16-12/h4-7,16H,3H2,1-2H3,(H2,14,15). The number of fused-ring (bicyclic) bond motifs is 1. The smallest absolute Gasteiger partial charge is 0.344 e. The zero-order valence-electron chi connectivity index (χ0n) is 10.8. The molecule has 0 atom stereocenters. The molecule has 5 nitrogen and oxygen atoms in total. The van der Waals surface area contributed by atoms with Crippen molar-refractivity contribution in [3.8, 4) is 0 Å². The highest BCUT2D eigenvalue weighted by Gasteiger charge is 2.24. The minimum Gasteiger partial charge on any atom is -0.465 e. The Hall–Kier alpha value is -1.95. The van der Waals surface area contributed by atoms with Crippen molar-refractivity contribution in [3.05, 3.63) is 34.9 Å². The minimum absolute atomic E-state index is 0.167. The van der Waals surface area contributed by atoms with Gasteiger partial charge >= 0.3 is 5.97 Å². The average Bonchev–Trinajstić information content (AvgIpc) is 2.54. The molecule has 6 heteroatoms. The number of carbonyl (C=O) groups excluding carboxylic acids is 1. The predicted molar refractivity (Wildman–Crippen MR) is 78.5 cm³/mol. The maximum absolute atomic E-state index is 11.9. The van der Waals surface area contributed by atoms with Crippen LogP contribution in [0.3, 0.4) is 0 Å². The second kappa shape index (κ2) is 5.79. The number of rotatable bonds is 3. The molecule has 1 aliphatic rings. The quantitative estimate of drug-likeness (QED) is 0.829. The van der Waals surface area contributed by atoms with Gasteiger partial charge in [0.15, 0.2) is 0 Å². The molecule has 19 heavy (non-hydrogen) atoms. The van der Waals surface area contributed by atoms with Gasteiger partial charge in [-0.05, 0) is 17.9 Å². The molecule has 1 aliphatic heterocycles. The molecule has 1 aromatic rings. The van der Waals surface area contributed by atoms with Crippen molar-refractivity contribution in [1.29, 1.82) is 0 Å². The Morgan fingerprint density at radius 3 is 2.89 bits per heavy atom. The molecular weight excluding hydrogens is 262 g/mol. The van der Waals surface area contributed by atoms with Crippen molar-refractivity contribution in [2.45, 2.75) is 6.92 Å². The van der Waals surface area contributed by atoms with Gasteiger partial charge in [0.25, 0.3) is 0 Å². The van der Waals surface area contributed by atoms with E-state index in [9.17, 15) is 4.79 Å². The monoisotopic (exact) mass is 277 g/mol. The Morgan fingerprint density at radius 2 is 2.21 bits per heavy atom. The van der Waals surface area contributed by atoms with Gasteiger partial charge in [-0.15, -0.1) is 11.8 Å². The lowest BCUT2D eigenvalue weighted by Crippen LogP contribution is -2.24. The van der Waals surface area contributed by atoms with E-state index in [0.717, 1.165) is 11.4 Å². The van der Waals surface area contributed by atoms with E-state index in [-0.39, 0.29) is 11.4 Å². The fourth-order valence-electron chi connectivity index (χ4n) is 1.72. The van der Waals surface area contributed by atoms with Crippen LogP contribution in [0.2, 0.25) is 0 Å². The summed E-state index contributed by atoms with van der Waals surface area (Å²) in [4.78, 5) is 16.2. The van der Waals surface area contributed by atoms with E-state index >= 15 is 0 Å². The zero-order chi connectivity index (χ0) is 13.8. The van der Waals surface area contributed by atoms with Gasteiger partial charge in [-0.25, -0.2) is 9.79 Å². The summed E-state index contributed by atoms with van der Waals surface area (Å²) >= 11 is 1.49. The number of carbonyl (C=O) groups is 1. The molecule has 0 fully saturated rings. The summed E-state index contributed by atoms with van der Waals surface area (Å²) in [6.07, 6.45) is 0. The first-order valence-electron chi connectivity index (χ1n) is 5.83. The average molecular weight is 277 g/mol. The van der Waals surface area contributed by atoms with Gasteiger partial charge in [-0.3, -0.25) is 0 Å². The minimum atomic E-state index is -0.488. The largest absolute Gasteiger partial charge is 0.465 e. The molecule has 1 aromatic carbocycles. The summed E-state index contributed by atoms with van der Waals surface area (Å²) in [5.41, 5.74) is 7.73. The number of para-hydroxylation sites is 2. The van der Waals surface area contributed by atoms with Crippen LogP contribution in [0, 0.1) is 0 Å². The zero-order valence-corrected chi connectivity index (χ0v) is 11.6. The van der Waals surface area contributed by atoms with Crippen LogP contribution in [0.15, 0.2) is 39.9 Å². The van der Waals surface area contributed by atoms with Crippen molar-refractivity contribution in [3.63, 3.8) is 0 Å². The Morgan fingerprint density at radius 1 is 1.47 bits per heavy atom. The predicted octanol–water partition coefficient (Wildman–Crippen LogP) is 2.24. The highest BCUT2D eigenvalue weighted by Crippen LogP contribution is 2.33. The molecule has 0 aliphatic carbocycles. The molecule has 0 aromatic heterocycles. The molecule has 3 N–H and O–H groups in total. The number of nitrogens with two attached hydrogens (primary N) is 1. The summed E-state index contributed by atoms with van der Waals surface area (Å²) < 4.78 is 4.78. The number of hydrogen-bond donors (Lipinski definition) is 2. The third-order valence-corrected chi connectivity index (χ3v) is 3.44. The lowest BCUT2D eigenvalue weighted by molar-refractivity contribution is -0.135. The van der Waals surface area contributed by atoms with E-state index in [2.05, 4.69) is 10.3 Å². The summed E-state index contributed by atoms with van der Waals surface area (Å²) in [7, 11) is 1.33. The first-order chi connectivity index (χ1) is 9.17. The molecule has 0 spiro atoms. The molecule has 0 saturated heterocycles. The summed E-state index contributed by atoms with van der Waals surface area (Å²) in [6, 6.07) is 7.49. The molecule has 0 amide bonds. The first-order valence-corrected chi connectivity index (χ1v) is 6.82. The number of nitrogens with zero attached hydrogens (tertiary/aromatic N) is 1. The lowest BCUT2D eigenvalue weighted by Gasteiger charge is -2.12. The number of nitrogens with one attached hydrogen (secondary N) is 1. The molecular formula is C13H15N3O2S. The Kier molecular flexibility index (Phi) is 4.11. The van der Waals surface area contributed by atoms with Crippen LogP contribution in [0.4, 0.5) is 11.4 Å². The second-order valence-corrected chi connectivity index (χ2v) is 5.04. The number of aliphatic imine (C=N–C) groups is 1. The van der Waals surface area contributed by atoms with E-state index in [1.165, 1.54) is 18.9 Å². The van der Waals surface area contributed by atoms with E-state index in [0.29, 0.717) is 10.7 Å². The van der Waals surface area contributed by atoms with Gasteiger partial charge in [0, 0.05) is 0 Å². The maximum atomic E-state index is 11.9. The molecule has 0 bridgehead atoms. The Bertz CT molecular complexity index is 567. The summed E-state index contributed by atoms with van der Waals surface area (Å²) in [5, 5.41) is 3.87. The number of esters is 1. The van der Waals surface area contributed by atoms with Crippen LogP contribution in [-0.2, 0) is 9.53 Å². The van der Waals surface area contributed by atoms with Crippen LogP contribution < -0.4 is 11.1 Å². The molecule has 1 heterocycles.